The molecule has 0 aliphatic heterocycles. The van der Waals surface area contributed by atoms with Crippen molar-refractivity contribution in [1.82, 2.24) is 0 Å². The molecule has 5 heteroatoms. The molecule has 1 amide bonds. The molecule has 0 aromatic heterocycles. The number of nitrogens with one attached hydrogen (secondary N) is 1. The Morgan fingerprint density at radius 1 is 1.23 bits per heavy atom. The van der Waals surface area contributed by atoms with Crippen molar-refractivity contribution in [3.05, 3.63) is 58.6 Å². The van der Waals surface area contributed by atoms with Crippen LogP contribution in [0, 0.1) is 0 Å². The average Bonchev–Trinajstić information content (AvgIpc) is 2.50. The van der Waals surface area contributed by atoms with Crippen molar-refractivity contribution < 1.29 is 9.53 Å². The molecule has 116 valence electrons. The lowest BCUT2D eigenvalue weighted by Gasteiger charge is -2.08. The Morgan fingerprint density at radius 3 is 2.73 bits per heavy atom. The zero-order valence-electron chi connectivity index (χ0n) is 12.3. The van der Waals surface area contributed by atoms with Crippen LogP contribution < -0.4 is 10.1 Å². The van der Waals surface area contributed by atoms with Gasteiger partial charge in [0.15, 0.2) is 0 Å². The van der Waals surface area contributed by atoms with E-state index in [1.807, 2.05) is 43.3 Å². The third-order valence-corrected chi connectivity index (χ3v) is 4.38. The van der Waals surface area contributed by atoms with E-state index in [0.717, 1.165) is 21.7 Å². The molecule has 1 N–H and O–H groups in total. The van der Waals surface area contributed by atoms with Crippen molar-refractivity contribution in [1.29, 1.82) is 0 Å². The number of carbonyl (C=O) groups excluding carboxylic acids is 1. The number of hydrogen-bond acceptors (Lipinski definition) is 3. The number of ether oxygens (including phenoxy) is 1. The second kappa shape index (κ2) is 8.86. The van der Waals surface area contributed by atoms with E-state index in [1.54, 1.807) is 11.8 Å². The van der Waals surface area contributed by atoms with Gasteiger partial charge in [-0.3, -0.25) is 4.79 Å². The quantitative estimate of drug-likeness (QED) is 0.756. The Balaban J connectivity index is 1.78. The van der Waals surface area contributed by atoms with Gasteiger partial charge in [-0.15, -0.1) is 11.8 Å². The molecule has 0 fully saturated rings. The lowest BCUT2D eigenvalue weighted by atomic mass is 10.2. The zero-order chi connectivity index (χ0) is 15.8. The summed E-state index contributed by atoms with van der Waals surface area (Å²) in [7, 11) is 0. The van der Waals surface area contributed by atoms with Crippen LogP contribution in [0.25, 0.3) is 0 Å². The molecular formula is C17H18BrNO2S. The summed E-state index contributed by atoms with van der Waals surface area (Å²) in [6, 6.07) is 15.6. The summed E-state index contributed by atoms with van der Waals surface area (Å²) in [5, 5.41) is 2.89. The molecule has 0 bridgehead atoms. The predicted molar refractivity (Wildman–Crippen MR) is 96.5 cm³/mol. The van der Waals surface area contributed by atoms with Crippen LogP contribution in [0.5, 0.6) is 5.75 Å². The first-order chi connectivity index (χ1) is 10.7. The molecule has 0 heterocycles. The number of anilines is 1. The minimum Gasteiger partial charge on any atom is -0.494 e. The van der Waals surface area contributed by atoms with Crippen LogP contribution in [0.3, 0.4) is 0 Å². The number of thioether (sulfide) groups is 1. The topological polar surface area (TPSA) is 38.3 Å². The molecule has 22 heavy (non-hydrogen) atoms. The fraction of sp³-hybridized carbons (Fsp3) is 0.235. The van der Waals surface area contributed by atoms with E-state index >= 15 is 0 Å². The normalized spacial score (nSPS) is 10.3. The summed E-state index contributed by atoms with van der Waals surface area (Å²) < 4.78 is 6.48. The third kappa shape index (κ3) is 5.73. The number of carbonyl (C=O) groups is 1. The monoisotopic (exact) mass is 379 g/mol. The van der Waals surface area contributed by atoms with Crippen LogP contribution >= 0.6 is 27.7 Å². The minimum absolute atomic E-state index is 0.00393. The second-order valence-electron chi connectivity index (χ2n) is 4.63. The first-order valence-electron chi connectivity index (χ1n) is 7.02. The van der Waals surface area contributed by atoms with Gasteiger partial charge in [-0.2, -0.15) is 0 Å². The molecule has 2 rings (SSSR count). The zero-order valence-corrected chi connectivity index (χ0v) is 14.7. The molecule has 0 saturated carbocycles. The average molecular weight is 380 g/mol. The highest BCUT2D eigenvalue weighted by atomic mass is 79.9. The second-order valence-corrected chi connectivity index (χ2v) is 6.53. The van der Waals surface area contributed by atoms with Crippen molar-refractivity contribution in [2.75, 3.05) is 17.7 Å². The summed E-state index contributed by atoms with van der Waals surface area (Å²) in [6.07, 6.45) is 0. The van der Waals surface area contributed by atoms with Gasteiger partial charge in [-0.25, -0.2) is 0 Å². The van der Waals surface area contributed by atoms with E-state index in [1.165, 1.54) is 5.56 Å². The van der Waals surface area contributed by atoms with E-state index in [-0.39, 0.29) is 5.91 Å². The lowest BCUT2D eigenvalue weighted by Crippen LogP contribution is -2.14. The van der Waals surface area contributed by atoms with Gasteiger partial charge < -0.3 is 10.1 Å². The van der Waals surface area contributed by atoms with Crippen LogP contribution in [-0.2, 0) is 10.5 Å². The molecule has 0 unspecified atom stereocenters. The van der Waals surface area contributed by atoms with Crippen LogP contribution in [0.2, 0.25) is 0 Å². The van der Waals surface area contributed by atoms with Crippen LogP contribution in [0.1, 0.15) is 12.5 Å². The number of hydrogen-bond donors (Lipinski definition) is 1. The maximum absolute atomic E-state index is 11.9. The molecule has 2 aromatic rings. The van der Waals surface area contributed by atoms with Gasteiger partial charge in [-0.1, -0.05) is 34.1 Å². The SMILES string of the molecule is CCOc1cccc(NC(=O)CSCc2ccc(Br)cc2)c1. The van der Waals surface area contributed by atoms with E-state index in [9.17, 15) is 4.79 Å². The van der Waals surface area contributed by atoms with E-state index in [4.69, 9.17) is 4.74 Å². The number of amides is 1. The van der Waals surface area contributed by atoms with E-state index < -0.39 is 0 Å². The van der Waals surface area contributed by atoms with Crippen molar-refractivity contribution in [3.63, 3.8) is 0 Å². The Labute approximate surface area is 143 Å². The molecular weight excluding hydrogens is 362 g/mol. The molecule has 0 atom stereocenters. The standard InChI is InChI=1S/C17H18BrNO2S/c1-2-21-16-5-3-4-15(10-16)19-17(20)12-22-11-13-6-8-14(18)9-7-13/h3-10H,2,11-12H2,1H3,(H,19,20). The van der Waals surface area contributed by atoms with Crippen molar-refractivity contribution >= 4 is 39.3 Å². The first kappa shape index (κ1) is 16.9. The highest BCUT2D eigenvalue weighted by molar-refractivity contribution is 9.10. The van der Waals surface area contributed by atoms with Crippen LogP contribution in [0.15, 0.2) is 53.0 Å². The van der Waals surface area contributed by atoms with Gasteiger partial charge in [0, 0.05) is 22.0 Å². The molecule has 0 spiro atoms. The Hall–Kier alpha value is -1.46. The van der Waals surface area contributed by atoms with Crippen molar-refractivity contribution in [2.45, 2.75) is 12.7 Å². The number of rotatable bonds is 7. The fourth-order valence-corrected chi connectivity index (χ4v) is 2.92. The highest BCUT2D eigenvalue weighted by Crippen LogP contribution is 2.19. The molecule has 2 aromatic carbocycles. The smallest absolute Gasteiger partial charge is 0.234 e. The first-order valence-corrected chi connectivity index (χ1v) is 8.97. The van der Waals surface area contributed by atoms with Gasteiger partial charge in [0.25, 0.3) is 0 Å². The maximum Gasteiger partial charge on any atom is 0.234 e. The highest BCUT2D eigenvalue weighted by Gasteiger charge is 2.04. The molecule has 0 saturated heterocycles. The molecule has 3 nitrogen and oxygen atoms in total. The third-order valence-electron chi connectivity index (χ3n) is 2.84. The Bertz CT molecular complexity index is 616. The maximum atomic E-state index is 11.9. The summed E-state index contributed by atoms with van der Waals surface area (Å²) in [6.45, 7) is 2.55. The van der Waals surface area contributed by atoms with Gasteiger partial charge in [0.2, 0.25) is 5.91 Å². The number of benzene rings is 2. The largest absolute Gasteiger partial charge is 0.494 e. The van der Waals surface area contributed by atoms with Gasteiger partial charge >= 0.3 is 0 Å². The van der Waals surface area contributed by atoms with Gasteiger partial charge in [0.05, 0.1) is 12.4 Å². The Morgan fingerprint density at radius 2 is 2.00 bits per heavy atom. The summed E-state index contributed by atoms with van der Waals surface area (Å²) in [4.78, 5) is 11.9. The number of halogens is 1. The van der Waals surface area contributed by atoms with Crippen molar-refractivity contribution in [3.8, 4) is 5.75 Å². The predicted octanol–water partition coefficient (Wildman–Crippen LogP) is 4.72. The van der Waals surface area contributed by atoms with Crippen LogP contribution in [0.4, 0.5) is 5.69 Å². The summed E-state index contributed by atoms with van der Waals surface area (Å²) in [5.41, 5.74) is 1.97. The van der Waals surface area contributed by atoms with E-state index in [2.05, 4.69) is 33.4 Å². The molecule has 0 aliphatic rings. The molecule has 0 aliphatic carbocycles. The molecule has 0 radical (unpaired) electrons. The van der Waals surface area contributed by atoms with E-state index in [0.29, 0.717) is 12.4 Å². The lowest BCUT2D eigenvalue weighted by molar-refractivity contribution is -0.113. The fourth-order valence-electron chi connectivity index (χ4n) is 1.87. The summed E-state index contributed by atoms with van der Waals surface area (Å²) in [5.74, 6) is 2.01. The minimum atomic E-state index is -0.00393. The van der Waals surface area contributed by atoms with Gasteiger partial charge in [-0.05, 0) is 36.8 Å². The Kier molecular flexibility index (Phi) is 6.80. The van der Waals surface area contributed by atoms with Gasteiger partial charge in [0.1, 0.15) is 5.75 Å². The van der Waals surface area contributed by atoms with Crippen LogP contribution in [-0.4, -0.2) is 18.3 Å². The van der Waals surface area contributed by atoms with Crippen molar-refractivity contribution in [2.24, 2.45) is 0 Å². The summed E-state index contributed by atoms with van der Waals surface area (Å²) >= 11 is 5.01.